The fourth-order valence-corrected chi connectivity index (χ4v) is 2.59. The number of carbonyl (C=O) groups is 1. The lowest BCUT2D eigenvalue weighted by molar-refractivity contribution is -0.137. The number of alkyl halides is 3. The van der Waals surface area contributed by atoms with Crippen LogP contribution in [0.25, 0.3) is 0 Å². The second kappa shape index (κ2) is 6.47. The number of halogens is 3. The lowest BCUT2D eigenvalue weighted by Gasteiger charge is -2.29. The van der Waals surface area contributed by atoms with Crippen LogP contribution in [-0.2, 0) is 17.4 Å². The van der Waals surface area contributed by atoms with Crippen LogP contribution in [0.15, 0.2) is 24.3 Å². The van der Waals surface area contributed by atoms with E-state index in [1.807, 2.05) is 0 Å². The van der Waals surface area contributed by atoms with Gasteiger partial charge in [0.15, 0.2) is 0 Å². The highest BCUT2D eigenvalue weighted by Crippen LogP contribution is 2.29. The van der Waals surface area contributed by atoms with Crippen LogP contribution >= 0.6 is 0 Å². The van der Waals surface area contributed by atoms with Gasteiger partial charge in [0.1, 0.15) is 0 Å². The summed E-state index contributed by atoms with van der Waals surface area (Å²) in [6, 6.07) is 4.60. The van der Waals surface area contributed by atoms with Gasteiger partial charge in [0, 0.05) is 12.1 Å². The fraction of sp³-hybridized carbons (Fsp3) is 0.533. The Bertz CT molecular complexity index is 485. The van der Waals surface area contributed by atoms with Crippen LogP contribution < -0.4 is 11.1 Å². The van der Waals surface area contributed by atoms with Crippen molar-refractivity contribution < 1.29 is 18.0 Å². The van der Waals surface area contributed by atoms with E-state index in [-0.39, 0.29) is 24.4 Å². The summed E-state index contributed by atoms with van der Waals surface area (Å²) in [6.07, 6.45) is -0.409. The second-order valence-corrected chi connectivity index (χ2v) is 5.49. The molecule has 0 heterocycles. The highest BCUT2D eigenvalue weighted by molar-refractivity contribution is 5.79. The molecule has 0 spiro atoms. The van der Waals surface area contributed by atoms with Crippen LogP contribution in [0, 0.1) is 0 Å². The molecular weight excluding hydrogens is 281 g/mol. The van der Waals surface area contributed by atoms with Crippen molar-refractivity contribution in [3.05, 3.63) is 35.4 Å². The number of benzene rings is 1. The van der Waals surface area contributed by atoms with E-state index in [1.165, 1.54) is 12.1 Å². The Balaban J connectivity index is 1.90. The summed E-state index contributed by atoms with van der Waals surface area (Å²) in [7, 11) is 0. The second-order valence-electron chi connectivity index (χ2n) is 5.49. The summed E-state index contributed by atoms with van der Waals surface area (Å²) in [5, 5.41) is 2.88. The van der Waals surface area contributed by atoms with Crippen LogP contribution in [0.4, 0.5) is 13.2 Å². The average molecular weight is 300 g/mol. The lowest BCUT2D eigenvalue weighted by atomic mass is 9.91. The van der Waals surface area contributed by atoms with E-state index in [1.54, 1.807) is 0 Å². The number of rotatable bonds is 3. The van der Waals surface area contributed by atoms with E-state index in [2.05, 4.69) is 5.32 Å². The maximum Gasteiger partial charge on any atom is 0.416 e. The molecule has 1 aliphatic rings. The van der Waals surface area contributed by atoms with Crippen molar-refractivity contribution >= 4 is 5.91 Å². The highest BCUT2D eigenvalue weighted by atomic mass is 19.4. The molecule has 6 heteroatoms. The Labute approximate surface area is 121 Å². The van der Waals surface area contributed by atoms with Crippen molar-refractivity contribution in [2.24, 2.45) is 5.73 Å². The molecule has 0 aliphatic heterocycles. The monoisotopic (exact) mass is 300 g/mol. The number of amides is 1. The lowest BCUT2D eigenvalue weighted by Crippen LogP contribution is -2.49. The quantitative estimate of drug-likeness (QED) is 0.901. The molecule has 116 valence electrons. The van der Waals surface area contributed by atoms with Crippen molar-refractivity contribution in [3.8, 4) is 0 Å². The molecule has 0 aromatic heterocycles. The van der Waals surface area contributed by atoms with E-state index in [9.17, 15) is 18.0 Å². The standard InChI is InChI=1S/C15H19F3N2O/c16-15(17,18)11-7-5-10(6-8-11)9-14(21)20-13-4-2-1-3-12(13)19/h5-8,12-13H,1-4,9,19H2,(H,20,21). The SMILES string of the molecule is NC1CCCCC1NC(=O)Cc1ccc(C(F)(F)F)cc1. The molecule has 1 aromatic rings. The van der Waals surface area contributed by atoms with Gasteiger partial charge in [-0.2, -0.15) is 13.2 Å². The predicted molar refractivity (Wildman–Crippen MR) is 73.5 cm³/mol. The third kappa shape index (κ3) is 4.46. The molecule has 2 unspecified atom stereocenters. The normalized spacial score (nSPS) is 22.9. The molecule has 0 radical (unpaired) electrons. The Kier molecular flexibility index (Phi) is 4.88. The molecule has 0 bridgehead atoms. The van der Waals surface area contributed by atoms with E-state index in [0.717, 1.165) is 37.8 Å². The molecule has 21 heavy (non-hydrogen) atoms. The van der Waals surface area contributed by atoms with Crippen molar-refractivity contribution in [1.82, 2.24) is 5.32 Å². The van der Waals surface area contributed by atoms with Crippen LogP contribution in [0.3, 0.4) is 0 Å². The molecule has 2 rings (SSSR count). The summed E-state index contributed by atoms with van der Waals surface area (Å²) in [6.45, 7) is 0. The van der Waals surface area contributed by atoms with Crippen molar-refractivity contribution in [3.63, 3.8) is 0 Å². The average Bonchev–Trinajstić information content (AvgIpc) is 2.41. The van der Waals surface area contributed by atoms with Crippen LogP contribution in [0.1, 0.15) is 36.8 Å². The zero-order chi connectivity index (χ0) is 15.5. The summed E-state index contributed by atoms with van der Waals surface area (Å²) >= 11 is 0. The van der Waals surface area contributed by atoms with Crippen molar-refractivity contribution in [1.29, 1.82) is 0 Å². The van der Waals surface area contributed by atoms with Gasteiger partial charge in [-0.1, -0.05) is 25.0 Å². The Morgan fingerprint density at radius 2 is 1.81 bits per heavy atom. The number of carbonyl (C=O) groups excluding carboxylic acids is 1. The number of nitrogens with one attached hydrogen (secondary N) is 1. The Morgan fingerprint density at radius 1 is 1.19 bits per heavy atom. The minimum absolute atomic E-state index is 0.0271. The molecule has 3 nitrogen and oxygen atoms in total. The molecule has 0 saturated heterocycles. The van der Waals surface area contributed by atoms with E-state index in [0.29, 0.717) is 5.56 Å². The van der Waals surface area contributed by atoms with E-state index < -0.39 is 11.7 Å². The first kappa shape index (κ1) is 15.8. The van der Waals surface area contributed by atoms with Gasteiger partial charge in [0.2, 0.25) is 5.91 Å². The first-order valence-corrected chi connectivity index (χ1v) is 7.07. The van der Waals surface area contributed by atoms with Gasteiger partial charge in [-0.25, -0.2) is 0 Å². The first-order chi connectivity index (χ1) is 9.86. The van der Waals surface area contributed by atoms with Crippen molar-refractivity contribution in [2.45, 2.75) is 50.4 Å². The predicted octanol–water partition coefficient (Wildman–Crippen LogP) is 2.63. The zero-order valence-electron chi connectivity index (χ0n) is 11.6. The highest BCUT2D eigenvalue weighted by Gasteiger charge is 2.30. The molecule has 3 N–H and O–H groups in total. The molecule has 1 fully saturated rings. The molecule has 1 aliphatic carbocycles. The Morgan fingerprint density at radius 3 is 2.38 bits per heavy atom. The first-order valence-electron chi connectivity index (χ1n) is 7.07. The maximum absolute atomic E-state index is 12.4. The van der Waals surface area contributed by atoms with Crippen LogP contribution in [0.5, 0.6) is 0 Å². The van der Waals surface area contributed by atoms with Crippen LogP contribution in [0.2, 0.25) is 0 Å². The third-order valence-corrected chi connectivity index (χ3v) is 3.81. The maximum atomic E-state index is 12.4. The van der Waals surface area contributed by atoms with Gasteiger partial charge in [0.25, 0.3) is 0 Å². The van der Waals surface area contributed by atoms with Gasteiger partial charge < -0.3 is 11.1 Å². The molecule has 2 atom stereocenters. The molecule has 1 amide bonds. The summed E-state index contributed by atoms with van der Waals surface area (Å²) in [4.78, 5) is 11.9. The van der Waals surface area contributed by atoms with Gasteiger partial charge in [0.05, 0.1) is 12.0 Å². The minimum atomic E-state index is -4.35. The van der Waals surface area contributed by atoms with Gasteiger partial charge >= 0.3 is 6.18 Å². The minimum Gasteiger partial charge on any atom is -0.352 e. The summed E-state index contributed by atoms with van der Waals surface area (Å²) < 4.78 is 37.3. The number of hydrogen-bond donors (Lipinski definition) is 2. The van der Waals surface area contributed by atoms with E-state index in [4.69, 9.17) is 5.73 Å². The molecule has 1 saturated carbocycles. The zero-order valence-corrected chi connectivity index (χ0v) is 11.6. The van der Waals surface area contributed by atoms with Gasteiger partial charge in [-0.3, -0.25) is 4.79 Å². The fourth-order valence-electron chi connectivity index (χ4n) is 2.59. The van der Waals surface area contributed by atoms with Crippen molar-refractivity contribution in [2.75, 3.05) is 0 Å². The van der Waals surface area contributed by atoms with Crippen LogP contribution in [-0.4, -0.2) is 18.0 Å². The number of hydrogen-bond acceptors (Lipinski definition) is 2. The third-order valence-electron chi connectivity index (χ3n) is 3.81. The smallest absolute Gasteiger partial charge is 0.352 e. The summed E-state index contributed by atoms with van der Waals surface area (Å²) in [5.41, 5.74) is 5.80. The van der Waals surface area contributed by atoms with Gasteiger partial charge in [-0.15, -0.1) is 0 Å². The van der Waals surface area contributed by atoms with Gasteiger partial charge in [-0.05, 0) is 30.5 Å². The molecule has 1 aromatic carbocycles. The largest absolute Gasteiger partial charge is 0.416 e. The van der Waals surface area contributed by atoms with E-state index >= 15 is 0 Å². The molecular formula is C15H19F3N2O. The topological polar surface area (TPSA) is 55.1 Å². The summed E-state index contributed by atoms with van der Waals surface area (Å²) in [5.74, 6) is -0.197. The Hall–Kier alpha value is -1.56. The number of nitrogens with two attached hydrogens (primary N) is 1.